The zero-order valence-corrected chi connectivity index (χ0v) is 37.8. The number of amides is 4. The highest BCUT2D eigenvalue weighted by atomic mass is 16.5. The van der Waals surface area contributed by atoms with Crippen molar-refractivity contribution in [3.05, 3.63) is 71.5 Å². The van der Waals surface area contributed by atoms with E-state index in [-0.39, 0.29) is 49.7 Å². The van der Waals surface area contributed by atoms with Crippen molar-refractivity contribution < 1.29 is 33.8 Å². The van der Waals surface area contributed by atoms with Crippen molar-refractivity contribution in [3.63, 3.8) is 0 Å². The molecule has 15 nitrogen and oxygen atoms in total. The molecule has 63 heavy (non-hydrogen) atoms. The average molecular weight is 863 g/mol. The molecule has 336 valence electrons. The second-order valence-electron chi connectivity index (χ2n) is 18.5. The summed E-state index contributed by atoms with van der Waals surface area (Å²) in [6, 6.07) is 10.3. The molecular formula is C48H62N8O7. The lowest BCUT2D eigenvalue weighted by Gasteiger charge is -2.37. The van der Waals surface area contributed by atoms with Crippen LogP contribution < -0.4 is 16.1 Å². The van der Waals surface area contributed by atoms with E-state index in [2.05, 4.69) is 71.5 Å². The Labute approximate surface area is 369 Å². The van der Waals surface area contributed by atoms with Gasteiger partial charge in [-0.15, -0.1) is 0 Å². The molecule has 0 radical (unpaired) electrons. The standard InChI is InChI=1S/C48H62N8O7/c1-9-30-15-16-49-24-36(30)43-35-23-48(5,6)27-63-47(62)37-12-11-17-56(52-37)46(61)38(51-44(59)42(28(3)4)54(8)41(58)26-53(7)45(60)39-25-50-39)20-29-18-32(21-33(57)19-29)31-13-14-40(34(35)22-31)55(43)10-2/h13-16,18-19,21-22,24,28,37-39,42,50,52,57H,9-12,17,20,23,25-27H2,1-8H3,(H,51,59)/t37-,38-,39-,42-/m0/s1. The number of aromatic hydroxyl groups is 1. The maximum Gasteiger partial charge on any atom is 0.324 e. The number of nitrogens with one attached hydrogen (secondary N) is 3. The molecule has 6 bridgehead atoms. The number of carbonyl (C=O) groups is 5. The van der Waals surface area contributed by atoms with Crippen molar-refractivity contribution in [2.45, 2.75) is 104 Å². The van der Waals surface area contributed by atoms with E-state index in [4.69, 9.17) is 4.74 Å². The molecular weight excluding hydrogens is 801 g/mol. The summed E-state index contributed by atoms with van der Waals surface area (Å²) < 4.78 is 8.40. The zero-order valence-electron chi connectivity index (χ0n) is 37.8. The Hall–Kier alpha value is -5.80. The molecule has 0 unspecified atom stereocenters. The number of esters is 1. The molecule has 4 atom stereocenters. The number of hydrogen-bond acceptors (Lipinski definition) is 10. The highest BCUT2D eigenvalue weighted by Gasteiger charge is 2.39. The summed E-state index contributed by atoms with van der Waals surface area (Å²) in [7, 11) is 3.08. The van der Waals surface area contributed by atoms with Crippen LogP contribution in [0.1, 0.15) is 71.1 Å². The Kier molecular flexibility index (Phi) is 13.3. The smallest absolute Gasteiger partial charge is 0.324 e. The van der Waals surface area contributed by atoms with Crippen molar-refractivity contribution in [3.8, 4) is 28.1 Å². The third-order valence-corrected chi connectivity index (χ3v) is 12.6. The van der Waals surface area contributed by atoms with Crippen LogP contribution in [0, 0.1) is 11.3 Å². The Morgan fingerprint density at radius 3 is 2.52 bits per heavy atom. The van der Waals surface area contributed by atoms with E-state index in [9.17, 15) is 29.1 Å². The maximum absolute atomic E-state index is 14.6. The SMILES string of the molecule is CCc1ccncc1-c1c2c3cc(ccc3n1CC)-c1cc(O)cc(c1)C[C@H](NC(=O)[C@H](C(C)C)N(C)C(=O)CN(C)C(=O)[C@@H]1CN1)C(=O)N1CCC[C@H](N1)C(=O)OCC(C)(C)C2. The second kappa shape index (κ2) is 18.5. The third-order valence-electron chi connectivity index (χ3n) is 12.6. The summed E-state index contributed by atoms with van der Waals surface area (Å²) in [5.74, 6) is -2.50. The van der Waals surface area contributed by atoms with E-state index in [1.54, 1.807) is 19.2 Å². The molecule has 4 N–H and O–H groups in total. The van der Waals surface area contributed by atoms with Crippen LogP contribution in [0.15, 0.2) is 54.9 Å². The number of carbonyl (C=O) groups excluding carboxylic acids is 5. The molecule has 3 aliphatic heterocycles. The van der Waals surface area contributed by atoms with E-state index in [0.29, 0.717) is 37.9 Å². The molecule has 2 aromatic carbocycles. The third kappa shape index (κ3) is 9.74. The van der Waals surface area contributed by atoms with Gasteiger partial charge in [-0.05, 0) is 96.7 Å². The molecule has 3 aliphatic rings. The maximum atomic E-state index is 14.6. The molecule has 4 amide bonds. The molecule has 4 aromatic rings. The minimum Gasteiger partial charge on any atom is -0.508 e. The first-order valence-electron chi connectivity index (χ1n) is 22.2. The van der Waals surface area contributed by atoms with Gasteiger partial charge < -0.3 is 34.8 Å². The van der Waals surface area contributed by atoms with Crippen molar-refractivity contribution >= 4 is 40.5 Å². The number of phenols is 1. The number of fused-ring (bicyclic) bond motifs is 6. The number of hydrogen-bond donors (Lipinski definition) is 4. The first-order valence-corrected chi connectivity index (χ1v) is 22.2. The first kappa shape index (κ1) is 45.2. The Bertz CT molecular complexity index is 2400. The molecule has 0 spiro atoms. The quantitative estimate of drug-likeness (QED) is 0.133. The number of pyridine rings is 1. The van der Waals surface area contributed by atoms with Crippen LogP contribution in [-0.4, -0.2) is 124 Å². The average Bonchev–Trinajstić information content (AvgIpc) is 4.07. The summed E-state index contributed by atoms with van der Waals surface area (Å²) in [5, 5.41) is 19.6. The van der Waals surface area contributed by atoms with Gasteiger partial charge in [-0.25, -0.2) is 5.43 Å². The van der Waals surface area contributed by atoms with Gasteiger partial charge in [0.25, 0.3) is 5.91 Å². The Morgan fingerprint density at radius 2 is 1.83 bits per heavy atom. The number of ether oxygens (including phenoxy) is 1. The molecule has 5 heterocycles. The number of benzene rings is 2. The summed E-state index contributed by atoms with van der Waals surface area (Å²) in [6.07, 6.45) is 6.11. The van der Waals surface area contributed by atoms with E-state index in [0.717, 1.165) is 45.3 Å². The molecule has 0 aliphatic carbocycles. The van der Waals surface area contributed by atoms with Crippen LogP contribution >= 0.6 is 0 Å². The zero-order chi connectivity index (χ0) is 45.3. The van der Waals surface area contributed by atoms with Gasteiger partial charge >= 0.3 is 5.97 Å². The predicted molar refractivity (Wildman–Crippen MR) is 240 cm³/mol. The fraction of sp³-hybridized carbons (Fsp3) is 0.500. The largest absolute Gasteiger partial charge is 0.508 e. The van der Waals surface area contributed by atoms with Gasteiger partial charge in [-0.2, -0.15) is 0 Å². The monoisotopic (exact) mass is 862 g/mol. The summed E-state index contributed by atoms with van der Waals surface area (Å²) in [4.78, 5) is 76.2. The second-order valence-corrected chi connectivity index (χ2v) is 18.5. The van der Waals surface area contributed by atoms with Crippen LogP contribution in [0.25, 0.3) is 33.3 Å². The van der Waals surface area contributed by atoms with Gasteiger partial charge in [0.05, 0.1) is 24.9 Å². The van der Waals surface area contributed by atoms with Crippen molar-refractivity contribution in [1.29, 1.82) is 0 Å². The number of phenolic OH excluding ortho intramolecular Hbond substituents is 1. The lowest BCUT2D eigenvalue weighted by molar-refractivity contribution is -0.155. The number of aromatic nitrogens is 2. The van der Waals surface area contributed by atoms with Gasteiger partial charge in [0.15, 0.2) is 0 Å². The van der Waals surface area contributed by atoms with Crippen LogP contribution in [0.4, 0.5) is 0 Å². The molecule has 0 saturated carbocycles. The Morgan fingerprint density at radius 1 is 1.06 bits per heavy atom. The topological polar surface area (TPSA) is 188 Å². The van der Waals surface area contributed by atoms with E-state index in [1.807, 2.05) is 38.4 Å². The van der Waals surface area contributed by atoms with Gasteiger partial charge in [-0.3, -0.25) is 34.0 Å². The predicted octanol–water partition coefficient (Wildman–Crippen LogP) is 4.22. The molecule has 15 heteroatoms. The van der Waals surface area contributed by atoms with Gasteiger partial charge in [0.2, 0.25) is 17.7 Å². The Balaban J connectivity index is 1.30. The molecule has 7 rings (SSSR count). The van der Waals surface area contributed by atoms with Crippen molar-refractivity contribution in [1.82, 2.24) is 40.4 Å². The number of cyclic esters (lactones) is 1. The fourth-order valence-electron chi connectivity index (χ4n) is 9.19. The van der Waals surface area contributed by atoms with Crippen LogP contribution in [0.2, 0.25) is 0 Å². The number of nitrogens with zero attached hydrogens (tertiary/aromatic N) is 5. The first-order chi connectivity index (χ1) is 30.0. The van der Waals surface area contributed by atoms with Gasteiger partial charge in [0, 0.05) is 74.4 Å². The number of likely N-dealkylation sites (N-methyl/N-ethyl adjacent to an activating group) is 2. The van der Waals surface area contributed by atoms with Gasteiger partial charge in [0.1, 0.15) is 23.9 Å². The van der Waals surface area contributed by atoms with Crippen LogP contribution in [-0.2, 0) is 54.5 Å². The van der Waals surface area contributed by atoms with E-state index >= 15 is 0 Å². The summed E-state index contributed by atoms with van der Waals surface area (Å²) in [6.45, 7) is 13.5. The number of rotatable bonds is 10. The van der Waals surface area contributed by atoms with Crippen LogP contribution in [0.5, 0.6) is 5.75 Å². The molecule has 2 aromatic heterocycles. The summed E-state index contributed by atoms with van der Waals surface area (Å²) >= 11 is 0. The minimum atomic E-state index is -1.16. The van der Waals surface area contributed by atoms with Crippen molar-refractivity contribution in [2.24, 2.45) is 11.3 Å². The van der Waals surface area contributed by atoms with E-state index in [1.165, 1.54) is 27.4 Å². The van der Waals surface area contributed by atoms with Crippen molar-refractivity contribution in [2.75, 3.05) is 40.3 Å². The molecule has 2 fully saturated rings. The lowest BCUT2D eigenvalue weighted by atomic mass is 9.84. The van der Waals surface area contributed by atoms with Gasteiger partial charge in [-0.1, -0.05) is 46.8 Å². The summed E-state index contributed by atoms with van der Waals surface area (Å²) in [5.41, 5.74) is 10.2. The normalized spacial score (nSPS) is 20.5. The number of hydrazine groups is 1. The lowest BCUT2D eigenvalue weighted by Crippen LogP contribution is -2.62. The van der Waals surface area contributed by atoms with E-state index < -0.39 is 47.2 Å². The minimum absolute atomic E-state index is 0.00462. The highest BCUT2D eigenvalue weighted by molar-refractivity contribution is 5.96. The highest BCUT2D eigenvalue weighted by Crippen LogP contribution is 2.41. The number of aryl methyl sites for hydroxylation is 2. The van der Waals surface area contributed by atoms with Crippen LogP contribution in [0.3, 0.4) is 0 Å². The fourth-order valence-corrected chi connectivity index (χ4v) is 9.19. The molecule has 2 saturated heterocycles.